The molecule has 0 amide bonds. The van der Waals surface area contributed by atoms with Crippen LogP contribution in [-0.4, -0.2) is 24.1 Å². The van der Waals surface area contributed by atoms with Crippen LogP contribution in [0.5, 0.6) is 5.75 Å². The minimum Gasteiger partial charge on any atom is -0.496 e. The normalized spacial score (nSPS) is 9.74. The van der Waals surface area contributed by atoms with Gasteiger partial charge in [-0.3, -0.25) is 0 Å². The standard InChI is InChI=1S/C13H13N5O/c1-16-12-6-10(17-13(15)18-12)9-5-8(7-14)3-4-11(9)19-2/h3-6H,1-2H3,(H3,15,16,17,18). The molecule has 3 N–H and O–H groups in total. The van der Waals surface area contributed by atoms with Crippen molar-refractivity contribution in [2.24, 2.45) is 0 Å². The molecule has 1 aromatic heterocycles. The van der Waals surface area contributed by atoms with Gasteiger partial charge in [0, 0.05) is 18.7 Å². The summed E-state index contributed by atoms with van der Waals surface area (Å²) in [6.07, 6.45) is 0. The first-order chi connectivity index (χ1) is 9.17. The summed E-state index contributed by atoms with van der Waals surface area (Å²) in [5, 5.41) is 11.9. The minimum absolute atomic E-state index is 0.159. The van der Waals surface area contributed by atoms with E-state index in [4.69, 9.17) is 15.7 Å². The Labute approximate surface area is 110 Å². The van der Waals surface area contributed by atoms with E-state index >= 15 is 0 Å². The van der Waals surface area contributed by atoms with Crippen LogP contribution in [-0.2, 0) is 0 Å². The Morgan fingerprint density at radius 3 is 2.74 bits per heavy atom. The summed E-state index contributed by atoms with van der Waals surface area (Å²) in [5.74, 6) is 1.39. The van der Waals surface area contributed by atoms with E-state index in [1.54, 1.807) is 38.4 Å². The number of nitrogens with one attached hydrogen (secondary N) is 1. The van der Waals surface area contributed by atoms with Crippen molar-refractivity contribution in [1.29, 1.82) is 5.26 Å². The fourth-order valence-electron chi connectivity index (χ4n) is 1.71. The van der Waals surface area contributed by atoms with E-state index in [0.29, 0.717) is 28.4 Å². The molecule has 0 spiro atoms. The van der Waals surface area contributed by atoms with E-state index in [0.717, 1.165) is 0 Å². The van der Waals surface area contributed by atoms with E-state index in [2.05, 4.69) is 21.4 Å². The molecule has 0 aliphatic carbocycles. The molecule has 0 saturated carbocycles. The van der Waals surface area contributed by atoms with Crippen molar-refractivity contribution in [3.8, 4) is 23.1 Å². The maximum atomic E-state index is 8.97. The first-order valence-electron chi connectivity index (χ1n) is 5.58. The fourth-order valence-corrected chi connectivity index (χ4v) is 1.71. The maximum absolute atomic E-state index is 8.97. The number of nitrogens with zero attached hydrogens (tertiary/aromatic N) is 3. The Morgan fingerprint density at radius 2 is 2.11 bits per heavy atom. The average molecular weight is 255 g/mol. The van der Waals surface area contributed by atoms with Gasteiger partial charge in [0.1, 0.15) is 11.6 Å². The molecule has 0 aliphatic heterocycles. The zero-order chi connectivity index (χ0) is 13.8. The topological polar surface area (TPSA) is 96.8 Å². The van der Waals surface area contributed by atoms with Crippen molar-refractivity contribution in [3.63, 3.8) is 0 Å². The van der Waals surface area contributed by atoms with Crippen molar-refractivity contribution in [2.75, 3.05) is 25.2 Å². The molecule has 19 heavy (non-hydrogen) atoms. The molecule has 6 heteroatoms. The van der Waals surface area contributed by atoms with Crippen LogP contribution in [0.2, 0.25) is 0 Å². The monoisotopic (exact) mass is 255 g/mol. The van der Waals surface area contributed by atoms with Crippen LogP contribution in [0.4, 0.5) is 11.8 Å². The number of nitrogen functional groups attached to an aromatic ring is 1. The number of hydrogen-bond acceptors (Lipinski definition) is 6. The van der Waals surface area contributed by atoms with Crippen LogP contribution in [0.3, 0.4) is 0 Å². The number of ether oxygens (including phenoxy) is 1. The third kappa shape index (κ3) is 2.55. The molecular weight excluding hydrogens is 242 g/mol. The molecule has 1 heterocycles. The highest BCUT2D eigenvalue weighted by Crippen LogP contribution is 2.30. The van der Waals surface area contributed by atoms with Crippen molar-refractivity contribution in [1.82, 2.24) is 9.97 Å². The van der Waals surface area contributed by atoms with Gasteiger partial charge in [0.2, 0.25) is 5.95 Å². The molecule has 0 saturated heterocycles. The SMILES string of the molecule is CNc1cc(-c2cc(C#N)ccc2OC)nc(N)n1. The second kappa shape index (κ2) is 5.23. The van der Waals surface area contributed by atoms with E-state index < -0.39 is 0 Å². The number of aromatic nitrogens is 2. The highest BCUT2D eigenvalue weighted by molar-refractivity contribution is 5.71. The van der Waals surface area contributed by atoms with Gasteiger partial charge in [0.05, 0.1) is 24.4 Å². The van der Waals surface area contributed by atoms with E-state index in [1.165, 1.54) is 0 Å². The summed E-state index contributed by atoms with van der Waals surface area (Å²) < 4.78 is 5.28. The lowest BCUT2D eigenvalue weighted by Gasteiger charge is -2.10. The lowest BCUT2D eigenvalue weighted by molar-refractivity contribution is 0.416. The Hall–Kier alpha value is -2.81. The van der Waals surface area contributed by atoms with Gasteiger partial charge in [-0.15, -0.1) is 0 Å². The predicted molar refractivity (Wildman–Crippen MR) is 72.7 cm³/mol. The summed E-state index contributed by atoms with van der Waals surface area (Å²) in [4.78, 5) is 8.20. The number of anilines is 2. The first-order valence-corrected chi connectivity index (χ1v) is 5.58. The lowest BCUT2D eigenvalue weighted by atomic mass is 10.1. The highest BCUT2D eigenvalue weighted by atomic mass is 16.5. The van der Waals surface area contributed by atoms with Gasteiger partial charge in [-0.1, -0.05) is 0 Å². The summed E-state index contributed by atoms with van der Waals surface area (Å²) in [7, 11) is 3.31. The summed E-state index contributed by atoms with van der Waals surface area (Å²) >= 11 is 0. The first kappa shape index (κ1) is 12.6. The largest absolute Gasteiger partial charge is 0.496 e. The second-order valence-electron chi connectivity index (χ2n) is 3.77. The number of hydrogen-bond donors (Lipinski definition) is 2. The molecular formula is C13H13N5O. The van der Waals surface area contributed by atoms with Crippen molar-refractivity contribution < 1.29 is 4.74 Å². The molecule has 2 rings (SSSR count). The molecule has 1 aromatic carbocycles. The van der Waals surface area contributed by atoms with Crippen LogP contribution < -0.4 is 15.8 Å². The van der Waals surface area contributed by atoms with E-state index in [-0.39, 0.29) is 5.95 Å². The summed E-state index contributed by atoms with van der Waals surface area (Å²) in [6.45, 7) is 0. The quantitative estimate of drug-likeness (QED) is 0.865. The van der Waals surface area contributed by atoms with Gasteiger partial charge < -0.3 is 15.8 Å². The van der Waals surface area contributed by atoms with E-state index in [9.17, 15) is 0 Å². The Morgan fingerprint density at radius 1 is 1.32 bits per heavy atom. The second-order valence-corrected chi connectivity index (χ2v) is 3.77. The van der Waals surface area contributed by atoms with Gasteiger partial charge in [-0.05, 0) is 18.2 Å². The molecule has 0 aliphatic rings. The average Bonchev–Trinajstić information content (AvgIpc) is 2.45. The number of methoxy groups -OCH3 is 1. The van der Waals surface area contributed by atoms with Gasteiger partial charge >= 0.3 is 0 Å². The molecule has 0 bridgehead atoms. The highest BCUT2D eigenvalue weighted by Gasteiger charge is 2.11. The van der Waals surface area contributed by atoms with Crippen molar-refractivity contribution in [2.45, 2.75) is 0 Å². The Kier molecular flexibility index (Phi) is 3.48. The fraction of sp³-hybridized carbons (Fsp3) is 0.154. The van der Waals surface area contributed by atoms with Crippen LogP contribution in [0.15, 0.2) is 24.3 Å². The zero-order valence-corrected chi connectivity index (χ0v) is 10.6. The molecule has 0 atom stereocenters. The molecule has 6 nitrogen and oxygen atoms in total. The smallest absolute Gasteiger partial charge is 0.222 e. The number of nitriles is 1. The maximum Gasteiger partial charge on any atom is 0.222 e. The van der Waals surface area contributed by atoms with Gasteiger partial charge in [-0.25, -0.2) is 4.98 Å². The summed E-state index contributed by atoms with van der Waals surface area (Å²) in [5.41, 5.74) is 7.50. The Bertz CT molecular complexity index is 648. The van der Waals surface area contributed by atoms with Gasteiger partial charge in [0.25, 0.3) is 0 Å². The number of rotatable bonds is 3. The summed E-state index contributed by atoms with van der Waals surface area (Å²) in [6, 6.07) is 8.95. The number of benzene rings is 1. The molecule has 2 aromatic rings. The lowest BCUT2D eigenvalue weighted by Crippen LogP contribution is -2.02. The number of nitrogens with two attached hydrogens (primary N) is 1. The van der Waals surface area contributed by atoms with Crippen molar-refractivity contribution >= 4 is 11.8 Å². The minimum atomic E-state index is 0.159. The van der Waals surface area contributed by atoms with Crippen molar-refractivity contribution in [3.05, 3.63) is 29.8 Å². The van der Waals surface area contributed by atoms with Crippen LogP contribution >= 0.6 is 0 Å². The van der Waals surface area contributed by atoms with Crippen LogP contribution in [0, 0.1) is 11.3 Å². The molecule has 0 unspecified atom stereocenters. The molecule has 96 valence electrons. The zero-order valence-electron chi connectivity index (χ0n) is 10.6. The van der Waals surface area contributed by atoms with E-state index in [1.807, 2.05) is 0 Å². The predicted octanol–water partition coefficient (Wildman–Crippen LogP) is 1.65. The van der Waals surface area contributed by atoms with Crippen LogP contribution in [0.1, 0.15) is 5.56 Å². The molecule has 0 fully saturated rings. The third-order valence-corrected chi connectivity index (χ3v) is 2.60. The third-order valence-electron chi connectivity index (χ3n) is 2.60. The van der Waals surface area contributed by atoms with Crippen LogP contribution in [0.25, 0.3) is 11.3 Å². The van der Waals surface area contributed by atoms with Gasteiger partial charge in [-0.2, -0.15) is 10.2 Å². The molecule has 0 radical (unpaired) electrons. The van der Waals surface area contributed by atoms with Gasteiger partial charge in [0.15, 0.2) is 0 Å². The Balaban J connectivity index is 2.63.